The van der Waals surface area contributed by atoms with Gasteiger partial charge in [-0.1, -0.05) is 12.1 Å². The van der Waals surface area contributed by atoms with E-state index >= 15 is 0 Å². The Morgan fingerprint density at radius 1 is 1.35 bits per heavy atom. The zero-order valence-corrected chi connectivity index (χ0v) is 13.3. The zero-order chi connectivity index (χ0) is 14.8. The molecule has 0 aliphatic carbocycles. The molecule has 1 aromatic rings. The van der Waals surface area contributed by atoms with Crippen LogP contribution >= 0.6 is 11.6 Å². The molecule has 1 aromatic carbocycles. The number of methoxy groups -OCH3 is 1. The summed E-state index contributed by atoms with van der Waals surface area (Å²) in [6.45, 7) is 0.508. The highest BCUT2D eigenvalue weighted by Gasteiger charge is 2.32. The summed E-state index contributed by atoms with van der Waals surface area (Å²) < 4.78 is 30.4. The maximum Gasteiger partial charge on any atom is 0.211 e. The van der Waals surface area contributed by atoms with Crippen LogP contribution in [0.1, 0.15) is 18.4 Å². The fourth-order valence-corrected chi connectivity index (χ4v) is 4.08. The average Bonchev–Trinajstić information content (AvgIpc) is 2.38. The van der Waals surface area contributed by atoms with Crippen molar-refractivity contribution >= 4 is 21.6 Å². The fourth-order valence-electron chi connectivity index (χ4n) is 2.64. The molecule has 1 heterocycles. The van der Waals surface area contributed by atoms with Crippen LogP contribution in [0.15, 0.2) is 24.3 Å². The van der Waals surface area contributed by atoms with Crippen molar-refractivity contribution in [3.05, 3.63) is 29.8 Å². The smallest absolute Gasteiger partial charge is 0.211 e. The van der Waals surface area contributed by atoms with Gasteiger partial charge in [0.1, 0.15) is 5.75 Å². The minimum atomic E-state index is -3.18. The molecule has 1 aliphatic heterocycles. The Kier molecular flexibility index (Phi) is 4.94. The van der Waals surface area contributed by atoms with Gasteiger partial charge in [-0.2, -0.15) is 4.31 Å². The maximum absolute atomic E-state index is 11.9. The van der Waals surface area contributed by atoms with Crippen LogP contribution in [0.3, 0.4) is 0 Å². The van der Waals surface area contributed by atoms with Crippen molar-refractivity contribution < 1.29 is 13.2 Å². The van der Waals surface area contributed by atoms with Gasteiger partial charge in [0.15, 0.2) is 0 Å². The van der Waals surface area contributed by atoms with E-state index in [4.69, 9.17) is 16.3 Å². The monoisotopic (exact) mass is 317 g/mol. The zero-order valence-electron chi connectivity index (χ0n) is 11.8. The van der Waals surface area contributed by atoms with Gasteiger partial charge in [0.25, 0.3) is 0 Å². The SMILES string of the molecule is COc1ccc(C[C@H]2C[C@H](Cl)CCN2S(C)(=O)=O)cc1. The summed E-state index contributed by atoms with van der Waals surface area (Å²) in [5.41, 5.74) is 1.09. The first-order chi connectivity index (χ1) is 9.40. The highest BCUT2D eigenvalue weighted by Crippen LogP contribution is 2.27. The van der Waals surface area contributed by atoms with Crippen molar-refractivity contribution in [2.75, 3.05) is 19.9 Å². The van der Waals surface area contributed by atoms with E-state index in [-0.39, 0.29) is 11.4 Å². The summed E-state index contributed by atoms with van der Waals surface area (Å²) in [5, 5.41) is 0.0521. The molecule has 0 unspecified atom stereocenters. The maximum atomic E-state index is 11.9. The van der Waals surface area contributed by atoms with Gasteiger partial charge in [-0.3, -0.25) is 0 Å². The van der Waals surface area contributed by atoms with Crippen molar-refractivity contribution in [2.24, 2.45) is 0 Å². The third kappa shape index (κ3) is 3.87. The second-order valence-corrected chi connectivity index (χ2v) is 7.75. The molecule has 0 aromatic heterocycles. The quantitative estimate of drug-likeness (QED) is 0.800. The molecule has 0 spiro atoms. The average molecular weight is 318 g/mol. The molecule has 2 rings (SSSR count). The van der Waals surface area contributed by atoms with Crippen molar-refractivity contribution in [3.63, 3.8) is 0 Å². The van der Waals surface area contributed by atoms with Crippen LogP contribution in [0.4, 0.5) is 0 Å². The first kappa shape index (κ1) is 15.6. The van der Waals surface area contributed by atoms with Crippen molar-refractivity contribution in [1.29, 1.82) is 0 Å². The summed E-state index contributed by atoms with van der Waals surface area (Å²) in [7, 11) is -1.56. The van der Waals surface area contributed by atoms with E-state index in [1.54, 1.807) is 11.4 Å². The first-order valence-electron chi connectivity index (χ1n) is 6.64. The molecule has 6 heteroatoms. The van der Waals surface area contributed by atoms with Crippen LogP contribution < -0.4 is 4.74 Å². The second kappa shape index (κ2) is 6.33. The van der Waals surface area contributed by atoms with E-state index in [1.807, 2.05) is 24.3 Å². The lowest BCUT2D eigenvalue weighted by molar-refractivity contribution is 0.255. The second-order valence-electron chi connectivity index (χ2n) is 5.20. The van der Waals surface area contributed by atoms with E-state index in [1.165, 1.54) is 6.26 Å². The molecule has 4 nitrogen and oxygen atoms in total. The molecule has 0 N–H and O–H groups in total. The number of nitrogens with zero attached hydrogens (tertiary/aromatic N) is 1. The van der Waals surface area contributed by atoms with Gasteiger partial charge in [-0.05, 0) is 37.0 Å². The number of sulfonamides is 1. The van der Waals surface area contributed by atoms with Gasteiger partial charge in [-0.25, -0.2) is 8.42 Å². The molecule has 1 fully saturated rings. The lowest BCUT2D eigenvalue weighted by Crippen LogP contribution is -2.47. The number of rotatable bonds is 4. The molecular formula is C14H20ClNO3S. The largest absolute Gasteiger partial charge is 0.497 e. The van der Waals surface area contributed by atoms with Gasteiger partial charge >= 0.3 is 0 Å². The van der Waals surface area contributed by atoms with Gasteiger partial charge in [0.2, 0.25) is 10.0 Å². The van der Waals surface area contributed by atoms with Crippen LogP contribution in [0.5, 0.6) is 5.75 Å². The van der Waals surface area contributed by atoms with E-state index in [0.717, 1.165) is 11.3 Å². The molecule has 0 radical (unpaired) electrons. The number of hydrogen-bond acceptors (Lipinski definition) is 3. The van der Waals surface area contributed by atoms with Gasteiger partial charge in [0.05, 0.1) is 13.4 Å². The molecule has 0 amide bonds. The summed E-state index contributed by atoms with van der Waals surface area (Å²) >= 11 is 6.20. The fraction of sp³-hybridized carbons (Fsp3) is 0.571. The highest BCUT2D eigenvalue weighted by atomic mass is 35.5. The molecule has 20 heavy (non-hydrogen) atoms. The van der Waals surface area contributed by atoms with E-state index < -0.39 is 10.0 Å². The van der Waals surface area contributed by atoms with E-state index in [0.29, 0.717) is 25.8 Å². The van der Waals surface area contributed by atoms with E-state index in [9.17, 15) is 8.42 Å². The van der Waals surface area contributed by atoms with Crippen LogP contribution in [0, 0.1) is 0 Å². The molecule has 0 saturated carbocycles. The highest BCUT2D eigenvalue weighted by molar-refractivity contribution is 7.88. The summed E-state index contributed by atoms with van der Waals surface area (Å²) in [6.07, 6.45) is 3.36. The predicted molar refractivity (Wildman–Crippen MR) is 80.9 cm³/mol. The molecule has 2 atom stereocenters. The molecule has 1 saturated heterocycles. The molecule has 112 valence electrons. The van der Waals surface area contributed by atoms with Crippen LogP contribution in [-0.4, -0.2) is 44.1 Å². The summed E-state index contributed by atoms with van der Waals surface area (Å²) in [5.74, 6) is 0.799. The number of hydrogen-bond donors (Lipinski definition) is 0. The van der Waals surface area contributed by atoms with Gasteiger partial charge < -0.3 is 4.74 Å². The van der Waals surface area contributed by atoms with Crippen LogP contribution in [0.2, 0.25) is 0 Å². The molecule has 0 bridgehead atoms. The normalized spacial score (nSPS) is 24.6. The van der Waals surface area contributed by atoms with Crippen LogP contribution in [-0.2, 0) is 16.4 Å². The number of benzene rings is 1. The van der Waals surface area contributed by atoms with Crippen LogP contribution in [0.25, 0.3) is 0 Å². The lowest BCUT2D eigenvalue weighted by Gasteiger charge is -2.36. The Morgan fingerprint density at radius 3 is 2.55 bits per heavy atom. The predicted octanol–water partition coefficient (Wildman–Crippen LogP) is 2.27. The number of piperidine rings is 1. The van der Waals surface area contributed by atoms with Crippen molar-refractivity contribution in [2.45, 2.75) is 30.7 Å². The molecular weight excluding hydrogens is 298 g/mol. The number of ether oxygens (including phenoxy) is 1. The Labute approximate surface area is 125 Å². The van der Waals surface area contributed by atoms with Gasteiger partial charge in [-0.15, -0.1) is 11.6 Å². The lowest BCUT2D eigenvalue weighted by atomic mass is 9.97. The van der Waals surface area contributed by atoms with Crippen molar-refractivity contribution in [3.8, 4) is 5.75 Å². The third-order valence-corrected chi connectivity index (χ3v) is 5.38. The Balaban J connectivity index is 2.14. The number of alkyl halides is 1. The first-order valence-corrected chi connectivity index (χ1v) is 8.92. The Morgan fingerprint density at radius 2 is 2.00 bits per heavy atom. The summed E-state index contributed by atoms with van der Waals surface area (Å²) in [4.78, 5) is 0. The summed E-state index contributed by atoms with van der Waals surface area (Å²) in [6, 6.07) is 7.66. The Bertz CT molecular complexity index is 544. The third-order valence-electron chi connectivity index (χ3n) is 3.65. The number of halogens is 1. The van der Waals surface area contributed by atoms with Crippen molar-refractivity contribution in [1.82, 2.24) is 4.31 Å². The standard InChI is InChI=1S/C14H20ClNO3S/c1-19-14-5-3-11(4-6-14)9-13-10-12(15)7-8-16(13)20(2,17)18/h3-6,12-13H,7-10H2,1-2H3/t12-,13+/m1/s1. The minimum Gasteiger partial charge on any atom is -0.497 e. The molecule has 1 aliphatic rings. The Hall–Kier alpha value is -0.780. The topological polar surface area (TPSA) is 46.6 Å². The van der Waals surface area contributed by atoms with E-state index in [2.05, 4.69) is 0 Å². The van der Waals surface area contributed by atoms with Gasteiger partial charge in [0, 0.05) is 18.0 Å². The minimum absolute atomic E-state index is 0.0521.